The van der Waals surface area contributed by atoms with E-state index in [9.17, 15) is 9.59 Å². The standard InChI is InChI=1S/C28H44N4O3/c1-23(2)22-25-26(33)32(17-16-31-18-20-35-21-19-31)28(27(34)29-25)11-14-30(15-12-28)13-7-6-10-24-8-4-3-5-9-24/h3-5,8-9,23,25H,6-7,10-22H2,1-2H3,(H,29,34)/t25-/m0/s1. The van der Waals surface area contributed by atoms with Crippen molar-refractivity contribution < 1.29 is 14.3 Å². The normalized spacial score (nSPS) is 23.7. The number of unbranched alkanes of at least 4 members (excludes halogenated alkanes) is 1. The van der Waals surface area contributed by atoms with Crippen LogP contribution in [0.5, 0.6) is 0 Å². The number of piperazine rings is 1. The number of likely N-dealkylation sites (tertiary alicyclic amines) is 1. The largest absolute Gasteiger partial charge is 0.379 e. The van der Waals surface area contributed by atoms with Crippen molar-refractivity contribution in [1.82, 2.24) is 20.0 Å². The lowest BCUT2D eigenvalue weighted by Gasteiger charge is -2.52. The van der Waals surface area contributed by atoms with E-state index in [2.05, 4.69) is 59.3 Å². The van der Waals surface area contributed by atoms with E-state index in [0.29, 0.717) is 18.9 Å². The zero-order valence-electron chi connectivity index (χ0n) is 21.7. The molecule has 0 unspecified atom stereocenters. The van der Waals surface area contributed by atoms with Crippen LogP contribution in [-0.4, -0.2) is 97.1 Å². The van der Waals surface area contributed by atoms with Gasteiger partial charge in [-0.1, -0.05) is 44.2 Å². The Morgan fingerprint density at radius 1 is 0.943 bits per heavy atom. The first kappa shape index (κ1) is 26.1. The zero-order chi connectivity index (χ0) is 24.7. The highest BCUT2D eigenvalue weighted by Gasteiger charge is 2.53. The molecule has 1 aromatic carbocycles. The van der Waals surface area contributed by atoms with Crippen molar-refractivity contribution in [3.63, 3.8) is 0 Å². The SMILES string of the molecule is CC(C)C[C@@H]1NC(=O)C2(CCN(CCCCc3ccccc3)CC2)N(CCN2CCOCC2)C1=O. The highest BCUT2D eigenvalue weighted by atomic mass is 16.5. The van der Waals surface area contributed by atoms with Crippen molar-refractivity contribution in [3.8, 4) is 0 Å². The summed E-state index contributed by atoms with van der Waals surface area (Å²) in [5.74, 6) is 0.536. The van der Waals surface area contributed by atoms with Gasteiger partial charge in [0, 0.05) is 39.3 Å². The van der Waals surface area contributed by atoms with E-state index in [1.165, 1.54) is 12.0 Å². The van der Waals surface area contributed by atoms with Crippen LogP contribution >= 0.6 is 0 Å². The number of hydrogen-bond donors (Lipinski definition) is 1. The smallest absolute Gasteiger partial charge is 0.246 e. The first-order valence-electron chi connectivity index (χ1n) is 13.7. The lowest BCUT2D eigenvalue weighted by molar-refractivity contribution is -0.162. The number of rotatable bonds is 10. The Labute approximate surface area is 211 Å². The van der Waals surface area contributed by atoms with Crippen molar-refractivity contribution in [1.29, 1.82) is 0 Å². The summed E-state index contributed by atoms with van der Waals surface area (Å²) in [7, 11) is 0. The van der Waals surface area contributed by atoms with E-state index in [1.54, 1.807) is 0 Å². The molecule has 3 aliphatic rings. The number of ether oxygens (including phenoxy) is 1. The molecule has 1 spiro atoms. The Hall–Kier alpha value is -1.96. The van der Waals surface area contributed by atoms with Gasteiger partial charge in [-0.15, -0.1) is 0 Å². The minimum Gasteiger partial charge on any atom is -0.379 e. The molecular formula is C28H44N4O3. The van der Waals surface area contributed by atoms with Crippen LogP contribution in [0, 0.1) is 5.92 Å². The molecule has 0 saturated carbocycles. The number of benzene rings is 1. The fourth-order valence-corrected chi connectivity index (χ4v) is 5.85. The van der Waals surface area contributed by atoms with Crippen molar-refractivity contribution >= 4 is 11.8 Å². The molecule has 3 aliphatic heterocycles. The molecule has 1 atom stereocenters. The molecule has 0 aromatic heterocycles. The molecule has 3 heterocycles. The minimum absolute atomic E-state index is 0.0634. The van der Waals surface area contributed by atoms with Crippen molar-refractivity contribution in [2.75, 3.05) is 59.0 Å². The van der Waals surface area contributed by atoms with Crippen molar-refractivity contribution in [3.05, 3.63) is 35.9 Å². The molecule has 1 N–H and O–H groups in total. The molecule has 7 nitrogen and oxygen atoms in total. The fourth-order valence-electron chi connectivity index (χ4n) is 5.85. The van der Waals surface area contributed by atoms with E-state index in [0.717, 1.165) is 78.2 Å². The highest BCUT2D eigenvalue weighted by molar-refractivity contribution is 6.00. The van der Waals surface area contributed by atoms with Crippen LogP contribution in [0.3, 0.4) is 0 Å². The topological polar surface area (TPSA) is 65.1 Å². The number of carbonyl (C=O) groups excluding carboxylic acids is 2. The van der Waals surface area contributed by atoms with Crippen molar-refractivity contribution in [2.45, 2.75) is 64.0 Å². The van der Waals surface area contributed by atoms with Gasteiger partial charge < -0.3 is 19.9 Å². The lowest BCUT2D eigenvalue weighted by atomic mass is 9.81. The summed E-state index contributed by atoms with van der Waals surface area (Å²) in [5.41, 5.74) is 0.701. The predicted molar refractivity (Wildman–Crippen MR) is 138 cm³/mol. The Bertz CT molecular complexity index is 817. The Kier molecular flexibility index (Phi) is 9.20. The summed E-state index contributed by atoms with van der Waals surface area (Å²) >= 11 is 0. The van der Waals surface area contributed by atoms with Crippen LogP contribution in [0.2, 0.25) is 0 Å². The van der Waals surface area contributed by atoms with E-state index in [-0.39, 0.29) is 11.8 Å². The summed E-state index contributed by atoms with van der Waals surface area (Å²) in [6.45, 7) is 11.7. The molecule has 0 aliphatic carbocycles. The van der Waals surface area contributed by atoms with Gasteiger partial charge in [0.25, 0.3) is 0 Å². The van der Waals surface area contributed by atoms with Gasteiger partial charge in [-0.3, -0.25) is 14.5 Å². The van der Waals surface area contributed by atoms with Crippen LogP contribution in [0.25, 0.3) is 0 Å². The van der Waals surface area contributed by atoms with Crippen molar-refractivity contribution in [2.24, 2.45) is 5.92 Å². The maximum atomic E-state index is 13.6. The predicted octanol–water partition coefficient (Wildman–Crippen LogP) is 2.55. The maximum Gasteiger partial charge on any atom is 0.246 e. The molecule has 2 amide bonds. The molecule has 4 rings (SSSR count). The summed E-state index contributed by atoms with van der Waals surface area (Å²) in [6, 6.07) is 10.3. The molecule has 194 valence electrons. The number of hydrogen-bond acceptors (Lipinski definition) is 5. The number of carbonyl (C=O) groups is 2. The van der Waals surface area contributed by atoms with Crippen LogP contribution < -0.4 is 5.32 Å². The summed E-state index contributed by atoms with van der Waals surface area (Å²) in [4.78, 5) is 34.0. The number of amides is 2. The minimum atomic E-state index is -0.697. The van der Waals surface area contributed by atoms with Crippen LogP contribution in [0.4, 0.5) is 0 Å². The van der Waals surface area contributed by atoms with E-state index in [1.807, 2.05) is 4.90 Å². The lowest BCUT2D eigenvalue weighted by Crippen LogP contribution is -2.73. The molecule has 7 heteroatoms. The first-order chi connectivity index (χ1) is 17.0. The van der Waals surface area contributed by atoms with Gasteiger partial charge in [-0.2, -0.15) is 0 Å². The number of nitrogens with one attached hydrogen (secondary N) is 1. The maximum absolute atomic E-state index is 13.6. The van der Waals surface area contributed by atoms with E-state index < -0.39 is 11.6 Å². The molecule has 35 heavy (non-hydrogen) atoms. The van der Waals surface area contributed by atoms with Gasteiger partial charge in [0.05, 0.1) is 13.2 Å². The average molecular weight is 485 g/mol. The number of morpholine rings is 1. The van der Waals surface area contributed by atoms with Gasteiger partial charge in [-0.05, 0) is 56.6 Å². The highest BCUT2D eigenvalue weighted by Crippen LogP contribution is 2.34. The van der Waals surface area contributed by atoms with Gasteiger partial charge in [-0.25, -0.2) is 0 Å². The molecule has 3 saturated heterocycles. The first-order valence-corrected chi connectivity index (χ1v) is 13.7. The number of piperidine rings is 1. The van der Waals surface area contributed by atoms with Crippen LogP contribution in [0.1, 0.15) is 51.5 Å². The summed E-state index contributed by atoms with van der Waals surface area (Å²) < 4.78 is 5.49. The average Bonchev–Trinajstić information content (AvgIpc) is 2.87. The van der Waals surface area contributed by atoms with E-state index >= 15 is 0 Å². The molecule has 0 radical (unpaired) electrons. The third-order valence-electron chi connectivity index (χ3n) is 7.98. The quantitative estimate of drug-likeness (QED) is 0.517. The molecule has 1 aromatic rings. The zero-order valence-corrected chi connectivity index (χ0v) is 21.7. The Morgan fingerprint density at radius 3 is 2.31 bits per heavy atom. The molecule has 3 fully saturated rings. The van der Waals surface area contributed by atoms with Gasteiger partial charge in [0.2, 0.25) is 11.8 Å². The second-order valence-electron chi connectivity index (χ2n) is 10.9. The van der Waals surface area contributed by atoms with Crippen LogP contribution in [-0.2, 0) is 20.7 Å². The Balaban J connectivity index is 1.34. The molecular weight excluding hydrogens is 440 g/mol. The van der Waals surface area contributed by atoms with Gasteiger partial charge in [0.1, 0.15) is 11.6 Å². The number of aryl methyl sites for hydroxylation is 1. The molecule has 0 bridgehead atoms. The fraction of sp³-hybridized carbons (Fsp3) is 0.714. The monoisotopic (exact) mass is 484 g/mol. The summed E-state index contributed by atoms with van der Waals surface area (Å²) in [6.07, 6.45) is 5.59. The van der Waals surface area contributed by atoms with E-state index in [4.69, 9.17) is 4.74 Å². The second kappa shape index (κ2) is 12.3. The Morgan fingerprint density at radius 2 is 1.63 bits per heavy atom. The third kappa shape index (κ3) is 6.63. The number of nitrogens with zero attached hydrogens (tertiary/aromatic N) is 3. The van der Waals surface area contributed by atoms with Gasteiger partial charge >= 0.3 is 0 Å². The van der Waals surface area contributed by atoms with Gasteiger partial charge in [0.15, 0.2) is 0 Å². The second-order valence-corrected chi connectivity index (χ2v) is 10.9. The summed E-state index contributed by atoms with van der Waals surface area (Å²) in [5, 5.41) is 3.13. The third-order valence-corrected chi connectivity index (χ3v) is 7.98. The van der Waals surface area contributed by atoms with Crippen LogP contribution in [0.15, 0.2) is 30.3 Å².